The Labute approximate surface area is 99.2 Å². The van der Waals surface area contributed by atoms with Gasteiger partial charge in [-0.05, 0) is 24.3 Å². The van der Waals surface area contributed by atoms with Crippen LogP contribution in [-0.4, -0.2) is 17.5 Å². The maximum Gasteiger partial charge on any atom is 0.157 e. The van der Waals surface area contributed by atoms with Gasteiger partial charge in [-0.15, -0.1) is 11.3 Å². The van der Waals surface area contributed by atoms with E-state index in [1.54, 1.807) is 11.3 Å². The van der Waals surface area contributed by atoms with Crippen molar-refractivity contribution in [2.24, 2.45) is 10.9 Å². The molecule has 2 atom stereocenters. The predicted molar refractivity (Wildman–Crippen MR) is 69.8 cm³/mol. The van der Waals surface area contributed by atoms with E-state index in [4.69, 9.17) is 0 Å². The molecule has 2 heterocycles. The summed E-state index contributed by atoms with van der Waals surface area (Å²) in [7, 11) is 0. The van der Waals surface area contributed by atoms with Crippen molar-refractivity contribution in [2.75, 3.05) is 12.3 Å². The molecule has 82 valence electrons. The molecule has 2 nitrogen and oxygen atoms in total. The van der Waals surface area contributed by atoms with Gasteiger partial charge >= 0.3 is 0 Å². The summed E-state index contributed by atoms with van der Waals surface area (Å²) in [5.41, 5.74) is 0. The Balaban J connectivity index is 1.92. The lowest BCUT2D eigenvalue weighted by molar-refractivity contribution is 0.660. The van der Waals surface area contributed by atoms with E-state index in [2.05, 4.69) is 41.7 Å². The lowest BCUT2D eigenvalue weighted by atomic mass is 10.2. The van der Waals surface area contributed by atoms with Crippen molar-refractivity contribution < 1.29 is 0 Å². The van der Waals surface area contributed by atoms with Gasteiger partial charge in [0.15, 0.2) is 5.17 Å². The Hall–Kier alpha value is -0.480. The average molecular weight is 240 g/mol. The van der Waals surface area contributed by atoms with E-state index in [1.807, 2.05) is 11.8 Å². The number of amidine groups is 1. The first-order valence-electron chi connectivity index (χ1n) is 5.23. The summed E-state index contributed by atoms with van der Waals surface area (Å²) in [6.07, 6.45) is 0. The molecule has 0 spiro atoms. The van der Waals surface area contributed by atoms with Crippen LogP contribution < -0.4 is 5.32 Å². The third kappa shape index (κ3) is 2.98. The third-order valence-electron chi connectivity index (χ3n) is 2.36. The van der Waals surface area contributed by atoms with E-state index in [0.29, 0.717) is 6.04 Å². The zero-order chi connectivity index (χ0) is 10.7. The summed E-state index contributed by atoms with van der Waals surface area (Å²) in [5, 5.41) is 6.69. The van der Waals surface area contributed by atoms with Gasteiger partial charge in [0, 0.05) is 17.2 Å². The standard InChI is InChI=1S/C11H16N2S2/c1-8-6-12-11(15-7-8)13-9(2)10-4-3-5-14-10/h3-5,8-9H,6-7H2,1-2H3,(H,12,13). The van der Waals surface area contributed by atoms with Crippen molar-refractivity contribution in [3.05, 3.63) is 22.4 Å². The van der Waals surface area contributed by atoms with Crippen LogP contribution in [0.4, 0.5) is 0 Å². The third-order valence-corrected chi connectivity index (χ3v) is 4.67. The van der Waals surface area contributed by atoms with Gasteiger partial charge in [0.2, 0.25) is 0 Å². The number of rotatable bonds is 2. The van der Waals surface area contributed by atoms with Gasteiger partial charge < -0.3 is 5.32 Å². The molecule has 0 aliphatic carbocycles. The highest BCUT2D eigenvalue weighted by Gasteiger charge is 2.14. The van der Waals surface area contributed by atoms with Gasteiger partial charge in [-0.2, -0.15) is 0 Å². The quantitative estimate of drug-likeness (QED) is 0.859. The minimum absolute atomic E-state index is 0.379. The SMILES string of the molecule is CC1CN=C(NC(C)c2cccs2)SC1. The molecule has 2 unspecified atom stereocenters. The highest BCUT2D eigenvalue weighted by Crippen LogP contribution is 2.21. The fourth-order valence-corrected chi connectivity index (χ4v) is 3.15. The molecule has 1 aromatic heterocycles. The Morgan fingerprint density at radius 3 is 3.07 bits per heavy atom. The molecular weight excluding hydrogens is 224 g/mol. The van der Waals surface area contributed by atoms with Crippen molar-refractivity contribution in [3.8, 4) is 0 Å². The summed E-state index contributed by atoms with van der Waals surface area (Å²) in [6, 6.07) is 4.64. The largest absolute Gasteiger partial charge is 0.358 e. The van der Waals surface area contributed by atoms with E-state index >= 15 is 0 Å². The zero-order valence-electron chi connectivity index (χ0n) is 9.06. The number of nitrogens with one attached hydrogen (secondary N) is 1. The van der Waals surface area contributed by atoms with Crippen molar-refractivity contribution in [2.45, 2.75) is 19.9 Å². The lowest BCUT2D eigenvalue weighted by Crippen LogP contribution is -2.28. The highest BCUT2D eigenvalue weighted by atomic mass is 32.2. The smallest absolute Gasteiger partial charge is 0.157 e. The fourth-order valence-electron chi connectivity index (χ4n) is 1.44. The van der Waals surface area contributed by atoms with E-state index in [1.165, 1.54) is 10.6 Å². The molecule has 2 rings (SSSR count). The normalized spacial score (nSPS) is 23.3. The van der Waals surface area contributed by atoms with Crippen LogP contribution in [0.5, 0.6) is 0 Å². The van der Waals surface area contributed by atoms with Gasteiger partial charge in [-0.3, -0.25) is 4.99 Å². The second-order valence-electron chi connectivity index (χ2n) is 3.94. The second kappa shape index (κ2) is 5.03. The van der Waals surface area contributed by atoms with Gasteiger partial charge in [-0.1, -0.05) is 24.8 Å². The van der Waals surface area contributed by atoms with Crippen LogP contribution in [0.3, 0.4) is 0 Å². The monoisotopic (exact) mass is 240 g/mol. The number of thiophene rings is 1. The molecule has 0 bridgehead atoms. The maximum absolute atomic E-state index is 4.53. The summed E-state index contributed by atoms with van der Waals surface area (Å²) in [5.74, 6) is 1.90. The Morgan fingerprint density at radius 1 is 1.60 bits per heavy atom. The van der Waals surface area contributed by atoms with Crippen molar-refractivity contribution in [1.82, 2.24) is 5.32 Å². The molecule has 0 radical (unpaired) electrons. The molecule has 4 heteroatoms. The number of thioether (sulfide) groups is 1. The Morgan fingerprint density at radius 2 is 2.47 bits per heavy atom. The van der Waals surface area contributed by atoms with Crippen LogP contribution >= 0.6 is 23.1 Å². The van der Waals surface area contributed by atoms with E-state index < -0.39 is 0 Å². The molecule has 0 aromatic carbocycles. The number of aliphatic imine (C=N–C) groups is 1. The number of hydrogen-bond donors (Lipinski definition) is 1. The molecule has 0 fully saturated rings. The summed E-state index contributed by atoms with van der Waals surface area (Å²) >= 11 is 3.63. The molecule has 1 aliphatic heterocycles. The van der Waals surface area contributed by atoms with E-state index in [0.717, 1.165) is 17.6 Å². The zero-order valence-corrected chi connectivity index (χ0v) is 10.7. The van der Waals surface area contributed by atoms with Crippen LogP contribution in [-0.2, 0) is 0 Å². The first kappa shape index (κ1) is 11.0. The maximum atomic E-state index is 4.53. The summed E-state index contributed by atoms with van der Waals surface area (Å²) < 4.78 is 0. The molecule has 0 saturated heterocycles. The van der Waals surface area contributed by atoms with Gasteiger partial charge in [0.25, 0.3) is 0 Å². The molecular formula is C11H16N2S2. The molecule has 0 saturated carbocycles. The molecule has 1 aliphatic rings. The fraction of sp³-hybridized carbons (Fsp3) is 0.545. The van der Waals surface area contributed by atoms with Crippen molar-refractivity contribution in [1.29, 1.82) is 0 Å². The van der Waals surface area contributed by atoms with Crippen LogP contribution in [0.2, 0.25) is 0 Å². The van der Waals surface area contributed by atoms with Crippen LogP contribution in [0.15, 0.2) is 22.5 Å². The summed E-state index contributed by atoms with van der Waals surface area (Å²) in [4.78, 5) is 5.91. The molecule has 0 amide bonds. The molecule has 1 aromatic rings. The minimum Gasteiger partial charge on any atom is -0.358 e. The molecule has 15 heavy (non-hydrogen) atoms. The average Bonchev–Trinajstić information content (AvgIpc) is 2.74. The van der Waals surface area contributed by atoms with Crippen LogP contribution in [0.25, 0.3) is 0 Å². The van der Waals surface area contributed by atoms with Crippen LogP contribution in [0, 0.1) is 5.92 Å². The van der Waals surface area contributed by atoms with Gasteiger partial charge in [0.05, 0.1) is 6.04 Å². The second-order valence-corrected chi connectivity index (χ2v) is 5.93. The predicted octanol–water partition coefficient (Wildman–Crippen LogP) is 3.14. The molecule has 1 N–H and O–H groups in total. The minimum atomic E-state index is 0.379. The van der Waals surface area contributed by atoms with E-state index in [-0.39, 0.29) is 0 Å². The van der Waals surface area contributed by atoms with Crippen molar-refractivity contribution >= 4 is 28.3 Å². The number of nitrogens with zero attached hydrogens (tertiary/aromatic N) is 1. The van der Waals surface area contributed by atoms with Crippen LogP contribution in [0.1, 0.15) is 24.8 Å². The highest BCUT2D eigenvalue weighted by molar-refractivity contribution is 8.13. The Kier molecular flexibility index (Phi) is 3.70. The van der Waals surface area contributed by atoms with Gasteiger partial charge in [-0.25, -0.2) is 0 Å². The van der Waals surface area contributed by atoms with Gasteiger partial charge in [0.1, 0.15) is 0 Å². The van der Waals surface area contributed by atoms with E-state index in [9.17, 15) is 0 Å². The number of hydrogen-bond acceptors (Lipinski definition) is 4. The topological polar surface area (TPSA) is 24.4 Å². The summed E-state index contributed by atoms with van der Waals surface area (Å²) in [6.45, 7) is 5.40. The first-order chi connectivity index (χ1) is 7.25. The van der Waals surface area contributed by atoms with Crippen molar-refractivity contribution in [3.63, 3.8) is 0 Å². The first-order valence-corrected chi connectivity index (χ1v) is 7.09. The Bertz CT molecular complexity index is 332. The lowest BCUT2D eigenvalue weighted by Gasteiger charge is -2.20.